The number of hydrogen-bond acceptors (Lipinski definition) is 5. The molecule has 0 bridgehead atoms. The van der Waals surface area contributed by atoms with Crippen LogP contribution in [0.25, 0.3) is 11.0 Å². The fourth-order valence-corrected chi connectivity index (χ4v) is 3.29. The first-order chi connectivity index (χ1) is 12.4. The number of para-hydroxylation sites is 1. The molecule has 7 heteroatoms. The van der Waals surface area contributed by atoms with Gasteiger partial charge < -0.3 is 14.5 Å². The number of nitrogens with one attached hydrogen (secondary N) is 1. The van der Waals surface area contributed by atoms with Gasteiger partial charge in [-0.3, -0.25) is 4.79 Å². The van der Waals surface area contributed by atoms with E-state index >= 15 is 0 Å². The molecule has 1 amide bonds. The lowest BCUT2D eigenvalue weighted by Gasteiger charge is -2.07. The Morgan fingerprint density at radius 3 is 2.65 bits per heavy atom. The molecule has 1 N–H and O–H groups in total. The maximum atomic E-state index is 12.7. The molecular formula is C19H19NO5S. The van der Waals surface area contributed by atoms with Gasteiger partial charge in [0.15, 0.2) is 15.6 Å². The van der Waals surface area contributed by atoms with Gasteiger partial charge in [-0.05, 0) is 31.2 Å². The Labute approximate surface area is 151 Å². The molecule has 2 aromatic carbocycles. The van der Waals surface area contributed by atoms with Crippen molar-refractivity contribution in [2.45, 2.75) is 18.4 Å². The van der Waals surface area contributed by atoms with Crippen LogP contribution in [0.1, 0.15) is 23.0 Å². The third-order valence-corrected chi connectivity index (χ3v) is 4.99. The van der Waals surface area contributed by atoms with Gasteiger partial charge in [0.25, 0.3) is 5.91 Å². The summed E-state index contributed by atoms with van der Waals surface area (Å²) in [4.78, 5) is 12.9. The van der Waals surface area contributed by atoms with Crippen LogP contribution >= 0.6 is 0 Å². The number of hydrogen-bond donors (Lipinski definition) is 1. The summed E-state index contributed by atoms with van der Waals surface area (Å²) < 4.78 is 34.6. The fourth-order valence-electron chi connectivity index (χ4n) is 2.62. The second kappa shape index (κ2) is 7.31. The number of ether oxygens (including phenoxy) is 1. The molecule has 1 heterocycles. The Hall–Kier alpha value is -2.64. The molecule has 26 heavy (non-hydrogen) atoms. The summed E-state index contributed by atoms with van der Waals surface area (Å²) in [6, 6.07) is 13.4. The van der Waals surface area contributed by atoms with Crippen LogP contribution in [0, 0.1) is 0 Å². The van der Waals surface area contributed by atoms with E-state index in [0.717, 1.165) is 11.6 Å². The Kier molecular flexibility index (Phi) is 5.11. The molecule has 0 spiro atoms. The van der Waals surface area contributed by atoms with E-state index in [1.165, 1.54) is 12.1 Å². The SMILES string of the molecule is CCOCc1c(C(=O)Nc2cccc(S(C)(=O)=O)c2)oc2ccccc12. The number of amides is 1. The number of carbonyl (C=O) groups is 1. The van der Waals surface area contributed by atoms with E-state index in [4.69, 9.17) is 9.15 Å². The highest BCUT2D eigenvalue weighted by atomic mass is 32.2. The van der Waals surface area contributed by atoms with Crippen molar-refractivity contribution in [2.24, 2.45) is 0 Å². The number of furan rings is 1. The molecule has 0 saturated heterocycles. The first kappa shape index (κ1) is 18.2. The van der Waals surface area contributed by atoms with Crippen molar-refractivity contribution in [1.82, 2.24) is 0 Å². The largest absolute Gasteiger partial charge is 0.451 e. The molecule has 0 aliphatic rings. The standard InChI is InChI=1S/C19H19NO5S/c1-3-24-12-16-15-9-4-5-10-17(15)25-18(16)19(21)20-13-7-6-8-14(11-13)26(2,22)23/h4-11H,3,12H2,1-2H3,(H,20,21). The lowest BCUT2D eigenvalue weighted by molar-refractivity contribution is 0.0984. The lowest BCUT2D eigenvalue weighted by Crippen LogP contribution is -2.14. The minimum atomic E-state index is -3.36. The maximum absolute atomic E-state index is 12.7. The predicted molar refractivity (Wildman–Crippen MR) is 99.0 cm³/mol. The van der Waals surface area contributed by atoms with Gasteiger partial charge in [-0.1, -0.05) is 24.3 Å². The number of sulfone groups is 1. The highest BCUT2D eigenvalue weighted by Gasteiger charge is 2.21. The van der Waals surface area contributed by atoms with Crippen LogP contribution in [0.2, 0.25) is 0 Å². The zero-order valence-electron chi connectivity index (χ0n) is 14.5. The van der Waals surface area contributed by atoms with E-state index in [1.54, 1.807) is 18.2 Å². The molecule has 0 aliphatic carbocycles. The van der Waals surface area contributed by atoms with E-state index in [-0.39, 0.29) is 17.3 Å². The fraction of sp³-hybridized carbons (Fsp3) is 0.211. The van der Waals surface area contributed by atoms with E-state index in [0.29, 0.717) is 23.4 Å². The molecular weight excluding hydrogens is 354 g/mol. The minimum Gasteiger partial charge on any atom is -0.451 e. The van der Waals surface area contributed by atoms with Gasteiger partial charge in [-0.15, -0.1) is 0 Å². The van der Waals surface area contributed by atoms with Gasteiger partial charge in [0, 0.05) is 29.5 Å². The Morgan fingerprint density at radius 2 is 1.92 bits per heavy atom. The van der Waals surface area contributed by atoms with Crippen molar-refractivity contribution in [3.63, 3.8) is 0 Å². The first-order valence-corrected chi connectivity index (χ1v) is 9.99. The lowest BCUT2D eigenvalue weighted by atomic mass is 10.1. The molecule has 6 nitrogen and oxygen atoms in total. The first-order valence-electron chi connectivity index (χ1n) is 8.09. The van der Waals surface area contributed by atoms with E-state index in [2.05, 4.69) is 5.32 Å². The van der Waals surface area contributed by atoms with E-state index < -0.39 is 15.7 Å². The quantitative estimate of drug-likeness (QED) is 0.713. The van der Waals surface area contributed by atoms with Crippen LogP contribution in [-0.2, 0) is 21.2 Å². The predicted octanol–water partition coefficient (Wildman–Crippen LogP) is 3.63. The topological polar surface area (TPSA) is 85.6 Å². The average Bonchev–Trinajstić information content (AvgIpc) is 2.98. The average molecular weight is 373 g/mol. The Morgan fingerprint density at radius 1 is 1.15 bits per heavy atom. The minimum absolute atomic E-state index is 0.134. The summed E-state index contributed by atoms with van der Waals surface area (Å²) in [5.41, 5.74) is 1.64. The zero-order chi connectivity index (χ0) is 18.7. The summed E-state index contributed by atoms with van der Waals surface area (Å²) in [6.07, 6.45) is 1.12. The van der Waals surface area contributed by atoms with Gasteiger partial charge in [0.2, 0.25) is 0 Å². The molecule has 0 radical (unpaired) electrons. The highest BCUT2D eigenvalue weighted by Crippen LogP contribution is 2.27. The smallest absolute Gasteiger partial charge is 0.291 e. The van der Waals surface area contributed by atoms with Crippen molar-refractivity contribution in [3.05, 3.63) is 59.9 Å². The van der Waals surface area contributed by atoms with Crippen LogP contribution in [0.5, 0.6) is 0 Å². The molecule has 3 aromatic rings. The van der Waals surface area contributed by atoms with Gasteiger partial charge in [0.1, 0.15) is 5.58 Å². The molecule has 136 valence electrons. The number of benzene rings is 2. The molecule has 0 atom stereocenters. The summed E-state index contributed by atoms with van der Waals surface area (Å²) in [5.74, 6) is -0.300. The van der Waals surface area contributed by atoms with Crippen molar-refractivity contribution >= 4 is 32.4 Å². The van der Waals surface area contributed by atoms with Gasteiger partial charge >= 0.3 is 0 Å². The number of rotatable bonds is 6. The van der Waals surface area contributed by atoms with Crippen LogP contribution in [-0.4, -0.2) is 27.2 Å². The Balaban J connectivity index is 1.95. The maximum Gasteiger partial charge on any atom is 0.291 e. The second-order valence-electron chi connectivity index (χ2n) is 5.80. The number of fused-ring (bicyclic) bond motifs is 1. The molecule has 3 rings (SSSR count). The highest BCUT2D eigenvalue weighted by molar-refractivity contribution is 7.90. The summed E-state index contributed by atoms with van der Waals surface area (Å²) >= 11 is 0. The van der Waals surface area contributed by atoms with Gasteiger partial charge in [-0.2, -0.15) is 0 Å². The van der Waals surface area contributed by atoms with Crippen molar-refractivity contribution < 1.29 is 22.4 Å². The van der Waals surface area contributed by atoms with Crippen LogP contribution in [0.4, 0.5) is 5.69 Å². The monoisotopic (exact) mass is 373 g/mol. The molecule has 0 unspecified atom stereocenters. The molecule has 1 aromatic heterocycles. The van der Waals surface area contributed by atoms with E-state index in [9.17, 15) is 13.2 Å². The summed E-state index contributed by atoms with van der Waals surface area (Å²) in [7, 11) is -3.36. The van der Waals surface area contributed by atoms with Crippen molar-refractivity contribution in [3.8, 4) is 0 Å². The summed E-state index contributed by atoms with van der Waals surface area (Å²) in [5, 5.41) is 3.51. The summed E-state index contributed by atoms with van der Waals surface area (Å²) in [6.45, 7) is 2.63. The van der Waals surface area contributed by atoms with Gasteiger partial charge in [-0.25, -0.2) is 8.42 Å². The van der Waals surface area contributed by atoms with Crippen molar-refractivity contribution in [2.75, 3.05) is 18.2 Å². The normalized spacial score (nSPS) is 11.6. The number of anilines is 1. The third-order valence-electron chi connectivity index (χ3n) is 3.88. The number of carbonyl (C=O) groups excluding carboxylic acids is 1. The zero-order valence-corrected chi connectivity index (χ0v) is 15.3. The van der Waals surface area contributed by atoms with Crippen LogP contribution < -0.4 is 5.32 Å². The second-order valence-corrected chi connectivity index (χ2v) is 7.81. The van der Waals surface area contributed by atoms with Crippen LogP contribution in [0.3, 0.4) is 0 Å². The van der Waals surface area contributed by atoms with Crippen LogP contribution in [0.15, 0.2) is 57.8 Å². The van der Waals surface area contributed by atoms with E-state index in [1.807, 2.05) is 25.1 Å². The van der Waals surface area contributed by atoms with Crippen molar-refractivity contribution in [1.29, 1.82) is 0 Å². The Bertz CT molecular complexity index is 1050. The molecule has 0 saturated carbocycles. The van der Waals surface area contributed by atoms with Gasteiger partial charge in [0.05, 0.1) is 11.5 Å². The third kappa shape index (κ3) is 3.79. The molecule has 0 aliphatic heterocycles. The molecule has 0 fully saturated rings.